The lowest BCUT2D eigenvalue weighted by molar-refractivity contribution is -0.145. The van der Waals surface area contributed by atoms with Crippen LogP contribution in [0.5, 0.6) is 0 Å². The monoisotopic (exact) mass is 778 g/mol. The summed E-state index contributed by atoms with van der Waals surface area (Å²) in [7, 11) is 0. The van der Waals surface area contributed by atoms with E-state index in [0.717, 1.165) is 64.2 Å². The van der Waals surface area contributed by atoms with Crippen LogP contribution in [0.1, 0.15) is 122 Å². The van der Waals surface area contributed by atoms with Crippen molar-refractivity contribution < 1.29 is 28.2 Å². The maximum Gasteiger partial charge on any atom is 0.272 e. The fourth-order valence-electron chi connectivity index (χ4n) is 10.5. The Morgan fingerprint density at radius 1 is 0.964 bits per heavy atom. The predicted octanol–water partition coefficient (Wildman–Crippen LogP) is 2.99. The van der Waals surface area contributed by atoms with Crippen molar-refractivity contribution in [3.05, 3.63) is 36.9 Å². The van der Waals surface area contributed by atoms with Gasteiger partial charge in [-0.05, 0) is 73.5 Å². The molecule has 0 bridgehead atoms. The molecule has 5 N–H and O–H groups in total. The normalized spacial score (nSPS) is 30.7. The number of nitrogens with zero attached hydrogens (tertiary/aromatic N) is 3. The highest BCUT2D eigenvalue weighted by Crippen LogP contribution is 2.88. The van der Waals surface area contributed by atoms with Gasteiger partial charge in [0.2, 0.25) is 17.7 Å². The molecule has 300 valence electrons. The van der Waals surface area contributed by atoms with Crippen LogP contribution < -0.4 is 25.4 Å². The Hall–Kier alpha value is -3.72. The maximum absolute atomic E-state index is 15.1. The summed E-state index contributed by atoms with van der Waals surface area (Å²) in [6.07, 6.45) is 16.0. The first kappa shape index (κ1) is 39.5. The van der Waals surface area contributed by atoms with Crippen molar-refractivity contribution in [3.63, 3.8) is 0 Å². The number of rotatable bonds is 13. The molecule has 14 nitrogen and oxygen atoms in total. The molecule has 1 aliphatic heterocycles. The minimum absolute atomic E-state index is 0.00833. The van der Waals surface area contributed by atoms with Crippen LogP contribution in [0.2, 0.25) is 0 Å². The average Bonchev–Trinajstić information content (AvgIpc) is 4.08. The largest absolute Gasteiger partial charge is 0.342 e. The lowest BCUT2D eigenvalue weighted by Crippen LogP contribution is -2.62. The summed E-state index contributed by atoms with van der Waals surface area (Å²) in [4.78, 5) is 80.9. The molecule has 5 aliphatic carbocycles. The fraction of sp³-hybridized carbons (Fsp3) is 0.725. The van der Waals surface area contributed by atoms with E-state index in [1.165, 1.54) is 18.6 Å². The zero-order valence-corrected chi connectivity index (χ0v) is 33.7. The summed E-state index contributed by atoms with van der Waals surface area (Å²) in [5.41, 5.74) is -2.42. The molecule has 1 aromatic heterocycles. The van der Waals surface area contributed by atoms with E-state index in [9.17, 15) is 23.4 Å². The highest BCUT2D eigenvalue weighted by atomic mass is 32.2. The van der Waals surface area contributed by atoms with Gasteiger partial charge in [-0.1, -0.05) is 66.4 Å². The van der Waals surface area contributed by atoms with Crippen LogP contribution in [0, 0.1) is 33.5 Å². The Kier molecular flexibility index (Phi) is 10.3. The van der Waals surface area contributed by atoms with Gasteiger partial charge in [-0.3, -0.25) is 33.7 Å². The molecule has 0 radical (unpaired) electrons. The van der Waals surface area contributed by atoms with E-state index >= 15 is 4.79 Å². The zero-order chi connectivity index (χ0) is 39.6. The Morgan fingerprint density at radius 3 is 2.22 bits per heavy atom. The van der Waals surface area contributed by atoms with Crippen molar-refractivity contribution in [1.29, 1.82) is 0 Å². The van der Waals surface area contributed by atoms with E-state index in [-0.39, 0.29) is 45.7 Å². The van der Waals surface area contributed by atoms with Crippen LogP contribution >= 0.6 is 0 Å². The van der Waals surface area contributed by atoms with Crippen molar-refractivity contribution in [2.75, 3.05) is 6.54 Å². The van der Waals surface area contributed by atoms with Crippen LogP contribution in [0.25, 0.3) is 0 Å². The van der Waals surface area contributed by atoms with Gasteiger partial charge in [-0.2, -0.15) is 0 Å². The lowest BCUT2D eigenvalue weighted by atomic mass is 9.73. The minimum atomic E-state index is -1.80. The first-order valence-corrected chi connectivity index (χ1v) is 21.3. The van der Waals surface area contributed by atoms with Crippen molar-refractivity contribution >= 4 is 40.7 Å². The van der Waals surface area contributed by atoms with Gasteiger partial charge in [0.15, 0.2) is 11.2 Å². The summed E-state index contributed by atoms with van der Waals surface area (Å²) in [6.45, 7) is 14.3. The number of carbonyl (C=O) groups is 5. The highest BCUT2D eigenvalue weighted by Gasteiger charge is 2.85. The summed E-state index contributed by atoms with van der Waals surface area (Å²) >= 11 is -1.80. The number of nitrogens with one attached hydrogen (secondary N) is 5. The Bertz CT molecular complexity index is 1750. The first-order chi connectivity index (χ1) is 26.0. The second-order valence-electron chi connectivity index (χ2n) is 18.7. The van der Waals surface area contributed by atoms with Gasteiger partial charge < -0.3 is 20.9 Å². The van der Waals surface area contributed by atoms with Gasteiger partial charge in [0.1, 0.15) is 29.4 Å². The van der Waals surface area contributed by atoms with Crippen LogP contribution in [0.4, 0.5) is 0 Å². The van der Waals surface area contributed by atoms with Crippen molar-refractivity contribution in [2.45, 2.75) is 141 Å². The second kappa shape index (κ2) is 14.3. The summed E-state index contributed by atoms with van der Waals surface area (Å²) < 4.78 is 18.1. The molecule has 7 atom stereocenters. The van der Waals surface area contributed by atoms with Gasteiger partial charge in [0, 0.05) is 36.3 Å². The molecule has 1 saturated heterocycles. The SMILES string of the molecule is C=C[C@@H]1C[C@]1(NC(=O)[C@@H]1C[C@@]2(CN1C(=O)[C@@H](NC(=O)C(NC(=O)c1cnccn1)C1CCCCC1)C(C)(C)C)C(C)(C)C21CCC1)C(=O)NS(=O)NC1CC1. The third kappa shape index (κ3) is 6.91. The van der Waals surface area contributed by atoms with Gasteiger partial charge in [0.05, 0.1) is 6.20 Å². The van der Waals surface area contributed by atoms with Crippen LogP contribution in [-0.2, 0) is 30.3 Å². The molecule has 2 heterocycles. The third-order valence-corrected chi connectivity index (χ3v) is 15.3. The number of carbonyl (C=O) groups excluding carboxylic acids is 5. The Morgan fingerprint density at radius 2 is 1.67 bits per heavy atom. The quantitative estimate of drug-likeness (QED) is 0.189. The number of likely N-dealkylation sites (tertiary alicyclic amines) is 1. The highest BCUT2D eigenvalue weighted by molar-refractivity contribution is 7.81. The van der Waals surface area contributed by atoms with Crippen LogP contribution in [0.15, 0.2) is 31.2 Å². The molecule has 6 aliphatic rings. The zero-order valence-electron chi connectivity index (χ0n) is 32.9. The number of fused-ring (bicyclic) bond motifs is 1. The lowest BCUT2D eigenvalue weighted by Gasteiger charge is -2.38. The molecule has 15 heteroatoms. The smallest absolute Gasteiger partial charge is 0.272 e. The van der Waals surface area contributed by atoms with Crippen molar-refractivity contribution in [1.82, 2.24) is 40.3 Å². The van der Waals surface area contributed by atoms with Gasteiger partial charge in [0.25, 0.3) is 11.8 Å². The topological polar surface area (TPSA) is 192 Å². The Labute approximate surface area is 326 Å². The van der Waals surface area contributed by atoms with Crippen molar-refractivity contribution in [2.24, 2.45) is 33.5 Å². The molecule has 6 fully saturated rings. The predicted molar refractivity (Wildman–Crippen MR) is 205 cm³/mol. The van der Waals surface area contributed by atoms with Crippen LogP contribution in [0.3, 0.4) is 0 Å². The maximum atomic E-state index is 15.1. The molecule has 7 rings (SSSR count). The summed E-state index contributed by atoms with van der Waals surface area (Å²) in [5, 5.41) is 9.01. The number of amides is 5. The van der Waals surface area contributed by atoms with E-state index in [4.69, 9.17) is 0 Å². The molecular weight excluding hydrogens is 721 g/mol. The van der Waals surface area contributed by atoms with Crippen LogP contribution in [-0.4, -0.2) is 84.9 Å². The molecule has 0 aromatic carbocycles. The van der Waals surface area contributed by atoms with E-state index in [1.807, 2.05) is 20.8 Å². The molecule has 55 heavy (non-hydrogen) atoms. The minimum Gasteiger partial charge on any atom is -0.342 e. The molecule has 2 spiro atoms. The molecule has 2 unspecified atom stereocenters. The number of hydrogen-bond acceptors (Lipinski definition) is 8. The van der Waals surface area contributed by atoms with Gasteiger partial charge in [-0.25, -0.2) is 13.9 Å². The number of hydrogen-bond donors (Lipinski definition) is 5. The summed E-state index contributed by atoms with van der Waals surface area (Å²) in [5.74, 6) is -2.83. The Balaban J connectivity index is 1.15. The first-order valence-electron chi connectivity index (χ1n) is 20.1. The molecule has 5 amide bonds. The summed E-state index contributed by atoms with van der Waals surface area (Å²) in [6, 6.07) is -2.73. The second-order valence-corrected chi connectivity index (χ2v) is 19.7. The third-order valence-electron chi connectivity index (χ3n) is 14.4. The van der Waals surface area contributed by atoms with Gasteiger partial charge in [-0.15, -0.1) is 6.58 Å². The molecular formula is C40H58N8O6S. The molecule has 5 saturated carbocycles. The van der Waals surface area contributed by atoms with Gasteiger partial charge >= 0.3 is 0 Å². The standard InChI is InChI=1S/C40H58N8O6S/c1-7-25-20-40(25,35(53)47-55(54)46-26-14-15-26)45-32(50)28-21-39(37(5,6)38(39)16-11-17-38)23-48(28)34(52)30(36(2,3)4)44-33(51)29(24-12-9-8-10-13-24)43-31(49)27-22-41-18-19-42-27/h7,18-19,22,24-26,28-30,46H,1,8-17,20-21,23H2,2-6H3,(H,43,49)(H,44,51)(H,45,50)(H,47,53)/t25-,28+,29?,30-,39-,40-,55?/m1/s1. The van der Waals surface area contributed by atoms with E-state index in [2.05, 4.69) is 55.8 Å². The van der Waals surface area contributed by atoms with E-state index < -0.39 is 63.9 Å². The van der Waals surface area contributed by atoms with E-state index in [0.29, 0.717) is 19.4 Å². The number of aromatic nitrogens is 2. The fourth-order valence-corrected chi connectivity index (χ4v) is 11.4. The van der Waals surface area contributed by atoms with Crippen molar-refractivity contribution in [3.8, 4) is 0 Å². The average molecular weight is 779 g/mol. The molecule has 1 aromatic rings. The van der Waals surface area contributed by atoms with E-state index in [1.54, 1.807) is 11.0 Å².